The van der Waals surface area contributed by atoms with Crippen molar-refractivity contribution in [3.63, 3.8) is 0 Å². The fraction of sp³-hybridized carbons (Fsp3) is 0.182. The van der Waals surface area contributed by atoms with Crippen LogP contribution in [-0.4, -0.2) is 36.2 Å². The van der Waals surface area contributed by atoms with Crippen LogP contribution in [0, 0.1) is 0 Å². The summed E-state index contributed by atoms with van der Waals surface area (Å²) in [5.41, 5.74) is 1.82. The van der Waals surface area contributed by atoms with Crippen molar-refractivity contribution in [1.29, 1.82) is 0 Å². The van der Waals surface area contributed by atoms with E-state index in [0.29, 0.717) is 12.4 Å². The molecule has 1 aromatic heterocycles. The number of hydrogen-bond acceptors (Lipinski definition) is 5. The van der Waals surface area contributed by atoms with Crippen LogP contribution >= 0.6 is 11.8 Å². The fourth-order valence-corrected chi connectivity index (χ4v) is 3.74. The third-order valence-corrected chi connectivity index (χ3v) is 5.48. The van der Waals surface area contributed by atoms with Crippen molar-refractivity contribution in [2.75, 3.05) is 30.4 Å². The van der Waals surface area contributed by atoms with Crippen LogP contribution in [0.15, 0.2) is 83.9 Å². The number of benzene rings is 2. The molecule has 5 nitrogen and oxygen atoms in total. The molecule has 1 heterocycles. The normalized spacial score (nSPS) is 11.6. The Bertz CT molecular complexity index is 873. The number of rotatable bonds is 8. The zero-order valence-corrected chi connectivity index (χ0v) is 16.5. The first-order chi connectivity index (χ1) is 13.7. The van der Waals surface area contributed by atoms with E-state index in [1.807, 2.05) is 78.7 Å². The minimum atomic E-state index is -0.387. The lowest BCUT2D eigenvalue weighted by Gasteiger charge is -2.19. The minimum Gasteiger partial charge on any atom is -0.395 e. The number of aliphatic hydroxyl groups is 1. The average molecular weight is 394 g/mol. The predicted octanol–water partition coefficient (Wildman–Crippen LogP) is 3.98. The number of carbonyl (C=O) groups excluding carboxylic acids is 1. The van der Waals surface area contributed by atoms with Crippen molar-refractivity contribution in [3.8, 4) is 0 Å². The molecule has 0 spiro atoms. The van der Waals surface area contributed by atoms with Crippen LogP contribution in [0.5, 0.6) is 0 Å². The van der Waals surface area contributed by atoms with Gasteiger partial charge < -0.3 is 15.3 Å². The molecule has 3 rings (SSSR count). The summed E-state index contributed by atoms with van der Waals surface area (Å²) in [5, 5.41) is 11.6. The van der Waals surface area contributed by atoms with Gasteiger partial charge in [0.05, 0.1) is 18.5 Å². The maximum absolute atomic E-state index is 13.0. The molecule has 0 saturated heterocycles. The van der Waals surface area contributed by atoms with Gasteiger partial charge in [0.15, 0.2) is 0 Å². The van der Waals surface area contributed by atoms with E-state index in [-0.39, 0.29) is 17.8 Å². The Kier molecular flexibility index (Phi) is 7.06. The van der Waals surface area contributed by atoms with Gasteiger partial charge in [-0.2, -0.15) is 0 Å². The number of thioether (sulfide) groups is 1. The van der Waals surface area contributed by atoms with Crippen molar-refractivity contribution < 1.29 is 9.90 Å². The minimum absolute atomic E-state index is 0.0739. The van der Waals surface area contributed by atoms with Gasteiger partial charge in [-0.1, -0.05) is 48.5 Å². The number of nitrogens with one attached hydrogen (secondary N) is 1. The maximum atomic E-state index is 13.0. The number of hydrogen-bond donors (Lipinski definition) is 2. The fourth-order valence-electron chi connectivity index (χ4n) is 2.69. The van der Waals surface area contributed by atoms with E-state index in [2.05, 4.69) is 10.3 Å². The van der Waals surface area contributed by atoms with Gasteiger partial charge in [0, 0.05) is 18.5 Å². The maximum Gasteiger partial charge on any atom is 0.243 e. The molecule has 28 heavy (non-hydrogen) atoms. The molecule has 144 valence electrons. The number of pyridine rings is 1. The smallest absolute Gasteiger partial charge is 0.243 e. The van der Waals surface area contributed by atoms with E-state index in [1.54, 1.807) is 12.3 Å². The van der Waals surface area contributed by atoms with E-state index in [9.17, 15) is 4.79 Å². The van der Waals surface area contributed by atoms with E-state index in [4.69, 9.17) is 5.11 Å². The van der Waals surface area contributed by atoms with Crippen molar-refractivity contribution in [2.45, 2.75) is 10.1 Å². The lowest BCUT2D eigenvalue weighted by atomic mass is 10.1. The number of carbonyl (C=O) groups is 1. The summed E-state index contributed by atoms with van der Waals surface area (Å²) in [7, 11) is 1.88. The zero-order chi connectivity index (χ0) is 19.8. The molecule has 0 saturated carbocycles. The summed E-state index contributed by atoms with van der Waals surface area (Å²) in [6.45, 7) is 0.599. The number of anilines is 2. The topological polar surface area (TPSA) is 65.5 Å². The Hall–Kier alpha value is -2.83. The second kappa shape index (κ2) is 9.92. The Morgan fingerprint density at radius 2 is 1.75 bits per heavy atom. The van der Waals surface area contributed by atoms with Crippen LogP contribution in [0.3, 0.4) is 0 Å². The number of nitrogens with zero attached hydrogens (tertiary/aromatic N) is 2. The number of aromatic nitrogens is 1. The first-order valence-electron chi connectivity index (χ1n) is 9.03. The van der Waals surface area contributed by atoms with Crippen LogP contribution in [0.2, 0.25) is 0 Å². The average Bonchev–Trinajstić information content (AvgIpc) is 2.74. The molecule has 0 fully saturated rings. The van der Waals surface area contributed by atoms with Crippen molar-refractivity contribution in [1.82, 2.24) is 4.98 Å². The van der Waals surface area contributed by atoms with Crippen LogP contribution in [0.25, 0.3) is 0 Å². The zero-order valence-electron chi connectivity index (χ0n) is 15.7. The molecular formula is C22H23N3O2S. The standard InChI is InChI=1S/C22H23N3O2S/c1-25(14-15-26)18-12-13-20(23-16-18)24-22(27)21(17-8-4-2-5-9-17)28-19-10-6-3-7-11-19/h2-13,16,21,26H,14-15H2,1H3,(H,23,24,27)/t21-/m1/s1. The van der Waals surface area contributed by atoms with Crippen LogP contribution in [0.1, 0.15) is 10.8 Å². The molecule has 6 heteroatoms. The number of likely N-dealkylation sites (N-methyl/N-ethyl adjacent to an activating group) is 1. The molecule has 0 unspecified atom stereocenters. The van der Waals surface area contributed by atoms with Crippen LogP contribution < -0.4 is 10.2 Å². The van der Waals surface area contributed by atoms with Crippen molar-refractivity contribution in [2.24, 2.45) is 0 Å². The van der Waals surface area contributed by atoms with Gasteiger partial charge in [0.25, 0.3) is 0 Å². The summed E-state index contributed by atoms with van der Waals surface area (Å²) in [6.07, 6.45) is 1.69. The highest BCUT2D eigenvalue weighted by Crippen LogP contribution is 2.36. The van der Waals surface area contributed by atoms with Gasteiger partial charge in [0.1, 0.15) is 11.1 Å². The SMILES string of the molecule is CN(CCO)c1ccc(NC(=O)[C@H](Sc2ccccc2)c2ccccc2)nc1. The molecule has 1 amide bonds. The van der Waals surface area contributed by atoms with Gasteiger partial charge >= 0.3 is 0 Å². The molecule has 0 aliphatic carbocycles. The summed E-state index contributed by atoms with van der Waals surface area (Å²) < 4.78 is 0. The highest BCUT2D eigenvalue weighted by Gasteiger charge is 2.22. The molecule has 0 radical (unpaired) electrons. The largest absolute Gasteiger partial charge is 0.395 e. The van der Waals surface area contributed by atoms with Gasteiger partial charge in [-0.3, -0.25) is 4.79 Å². The highest BCUT2D eigenvalue weighted by atomic mass is 32.2. The third-order valence-electron chi connectivity index (χ3n) is 4.21. The second-order valence-electron chi connectivity index (χ2n) is 6.26. The first kappa shape index (κ1) is 19.9. The number of aliphatic hydroxyl groups excluding tert-OH is 1. The lowest BCUT2D eigenvalue weighted by Crippen LogP contribution is -2.22. The summed E-state index contributed by atoms with van der Waals surface area (Å²) in [5.74, 6) is 0.379. The Labute approximate surface area is 169 Å². The first-order valence-corrected chi connectivity index (χ1v) is 9.91. The molecule has 2 aromatic carbocycles. The summed E-state index contributed by atoms with van der Waals surface area (Å²) in [4.78, 5) is 20.3. The molecule has 2 N–H and O–H groups in total. The lowest BCUT2D eigenvalue weighted by molar-refractivity contribution is -0.115. The van der Waals surface area contributed by atoms with E-state index >= 15 is 0 Å². The second-order valence-corrected chi connectivity index (χ2v) is 7.44. The third kappa shape index (κ3) is 5.34. The van der Waals surface area contributed by atoms with E-state index in [0.717, 1.165) is 16.1 Å². The molecular weight excluding hydrogens is 370 g/mol. The van der Waals surface area contributed by atoms with Crippen molar-refractivity contribution in [3.05, 3.63) is 84.6 Å². The van der Waals surface area contributed by atoms with E-state index in [1.165, 1.54) is 11.8 Å². The highest BCUT2D eigenvalue weighted by molar-refractivity contribution is 8.00. The summed E-state index contributed by atoms with van der Waals surface area (Å²) in [6, 6.07) is 23.3. The van der Waals surface area contributed by atoms with Crippen molar-refractivity contribution >= 4 is 29.2 Å². The molecule has 3 aromatic rings. The number of amides is 1. The Morgan fingerprint density at radius 1 is 1.07 bits per heavy atom. The molecule has 0 aliphatic rings. The Balaban J connectivity index is 1.76. The van der Waals surface area contributed by atoms with Gasteiger partial charge in [-0.15, -0.1) is 11.8 Å². The molecule has 1 atom stereocenters. The van der Waals surface area contributed by atoms with E-state index < -0.39 is 0 Å². The Morgan fingerprint density at radius 3 is 2.36 bits per heavy atom. The van der Waals surface area contributed by atoms with Gasteiger partial charge in [-0.05, 0) is 29.8 Å². The van der Waals surface area contributed by atoms with Gasteiger partial charge in [0.2, 0.25) is 5.91 Å². The summed E-state index contributed by atoms with van der Waals surface area (Å²) >= 11 is 1.51. The quantitative estimate of drug-likeness (QED) is 0.567. The monoisotopic (exact) mass is 393 g/mol. The van der Waals surface area contributed by atoms with Crippen LogP contribution in [0.4, 0.5) is 11.5 Å². The van der Waals surface area contributed by atoms with Crippen LogP contribution in [-0.2, 0) is 4.79 Å². The van der Waals surface area contributed by atoms with Gasteiger partial charge in [-0.25, -0.2) is 4.98 Å². The predicted molar refractivity (Wildman–Crippen MR) is 115 cm³/mol. The molecule has 0 bridgehead atoms. The molecule has 0 aliphatic heterocycles.